The lowest BCUT2D eigenvalue weighted by Gasteiger charge is -2.31. The number of imide groups is 1. The van der Waals surface area contributed by atoms with Crippen LogP contribution in [0.1, 0.15) is 90.3 Å². The van der Waals surface area contributed by atoms with E-state index in [1.54, 1.807) is 43.0 Å². The third kappa shape index (κ3) is 9.39. The number of halogens is 2. The molecule has 12 nitrogen and oxygen atoms in total. The van der Waals surface area contributed by atoms with Crippen LogP contribution in [0.25, 0.3) is 4.85 Å². The summed E-state index contributed by atoms with van der Waals surface area (Å²) in [6.07, 6.45) is 8.55. The van der Waals surface area contributed by atoms with Gasteiger partial charge in [-0.3, -0.25) is 10.1 Å². The Bertz CT molecular complexity index is 2540. The predicted octanol–water partition coefficient (Wildman–Crippen LogP) is 10.3. The predicted molar refractivity (Wildman–Crippen MR) is 227 cm³/mol. The first-order chi connectivity index (χ1) is 28.9. The van der Waals surface area contributed by atoms with Crippen LogP contribution in [0.3, 0.4) is 0 Å². The molecule has 4 aromatic carbocycles. The molecule has 0 bridgehead atoms. The first-order valence-corrected chi connectivity index (χ1v) is 19.9. The number of isocyanates is 1. The van der Waals surface area contributed by atoms with Crippen molar-refractivity contribution in [2.75, 3.05) is 4.90 Å². The fraction of sp³-hybridized carbons (Fsp3) is 0.304. The Labute approximate surface area is 359 Å². The molecule has 3 aliphatic rings. The van der Waals surface area contributed by atoms with Crippen LogP contribution in [0.2, 0.25) is 10.0 Å². The third-order valence-corrected chi connectivity index (χ3v) is 12.1. The topological polar surface area (TPSA) is 182 Å². The standard InChI is InChI=1S/C23H19ClN4O2.C14H15N3.C9H5ClN2O/c1-15-19(9-8-18(13-26)20(15)24)28-21(29)23(10-2-3-11-23)27(22(28)30)14-17-6-4-16(12-25)5-7-17;15-9-12-3-5-13(6-4-12)10-17-14(11-16)7-1-2-8-14;1-6-7(11-2)3-4-8(9(6)10)12-5-13/h4-9H,2-3,10-11,14H2,1H3;3-6,17H,1-2,7-8,10H2;3-4H,1H3. The summed E-state index contributed by atoms with van der Waals surface area (Å²) in [4.78, 5) is 46.6. The zero-order chi connectivity index (χ0) is 43.5. The maximum atomic E-state index is 13.6. The average molecular weight is 837 g/mol. The number of urea groups is 1. The minimum atomic E-state index is -0.863. The van der Waals surface area contributed by atoms with E-state index < -0.39 is 5.54 Å². The molecule has 1 N–H and O–H groups in total. The Morgan fingerprint density at radius 1 is 0.767 bits per heavy atom. The lowest BCUT2D eigenvalue weighted by molar-refractivity contribution is -0.124. The lowest BCUT2D eigenvalue weighted by Crippen LogP contribution is -2.47. The number of hydrogen-bond donors (Lipinski definition) is 1. The third-order valence-electron chi connectivity index (χ3n) is 11.1. The molecule has 0 atom stereocenters. The monoisotopic (exact) mass is 835 g/mol. The van der Waals surface area contributed by atoms with Gasteiger partial charge in [0.25, 0.3) is 5.91 Å². The van der Waals surface area contributed by atoms with Gasteiger partial charge in [-0.2, -0.15) is 26.0 Å². The van der Waals surface area contributed by atoms with Crippen LogP contribution in [0.5, 0.6) is 0 Å². The number of anilines is 1. The van der Waals surface area contributed by atoms with Crippen molar-refractivity contribution in [3.05, 3.63) is 133 Å². The summed E-state index contributed by atoms with van der Waals surface area (Å²) in [5.74, 6) is -0.234. The molecule has 3 amide bonds. The molecule has 7 rings (SSSR count). The highest BCUT2D eigenvalue weighted by atomic mass is 35.5. The van der Waals surface area contributed by atoms with Crippen molar-refractivity contribution in [1.82, 2.24) is 10.2 Å². The number of nitrogens with one attached hydrogen (secondary N) is 1. The SMILES string of the molecule is Cc1c(N2C(=O)N(Cc3ccc(C#N)cc3)C3(CCCC3)C2=O)ccc(C#N)c1Cl.N#Cc1ccc(CNC2(C#N)CCCC2)cc1.[C-]#[N+]c1ccc(N=C=O)c(Cl)c1C. The highest BCUT2D eigenvalue weighted by Crippen LogP contribution is 2.45. The van der Waals surface area contributed by atoms with Crippen molar-refractivity contribution >= 4 is 58.3 Å². The molecule has 0 unspecified atom stereocenters. The minimum absolute atomic E-state index is 0.234. The smallest absolute Gasteiger partial charge is 0.305 e. The fourth-order valence-electron chi connectivity index (χ4n) is 7.65. The van der Waals surface area contributed by atoms with Gasteiger partial charge >= 0.3 is 6.03 Å². The summed E-state index contributed by atoms with van der Waals surface area (Å²) in [5.41, 5.74) is 4.71. The van der Waals surface area contributed by atoms with E-state index in [4.69, 9.17) is 40.3 Å². The Hall–Kier alpha value is -6.81. The van der Waals surface area contributed by atoms with Crippen LogP contribution in [0, 0.1) is 65.7 Å². The summed E-state index contributed by atoms with van der Waals surface area (Å²) in [6, 6.07) is 29.0. The maximum Gasteiger partial charge on any atom is 0.332 e. The summed E-state index contributed by atoms with van der Waals surface area (Å²) in [5, 5.41) is 40.1. The van der Waals surface area contributed by atoms with Crippen molar-refractivity contribution in [2.24, 2.45) is 4.99 Å². The van der Waals surface area contributed by atoms with E-state index in [0.717, 1.165) is 49.7 Å². The molecule has 3 fully saturated rings. The molecule has 60 heavy (non-hydrogen) atoms. The molecule has 1 saturated heterocycles. The molecule has 14 heteroatoms. The van der Waals surface area contributed by atoms with E-state index in [-0.39, 0.29) is 29.0 Å². The lowest BCUT2D eigenvalue weighted by atomic mass is 9.94. The second-order valence-electron chi connectivity index (χ2n) is 14.7. The number of carbonyl (C=O) groups is 2. The van der Waals surface area contributed by atoms with Gasteiger partial charge in [0.2, 0.25) is 6.08 Å². The van der Waals surface area contributed by atoms with Gasteiger partial charge in [0.05, 0.1) is 62.9 Å². The Morgan fingerprint density at radius 3 is 1.88 bits per heavy atom. The Morgan fingerprint density at radius 2 is 1.35 bits per heavy atom. The molecule has 2 saturated carbocycles. The van der Waals surface area contributed by atoms with Gasteiger partial charge in [-0.1, -0.05) is 79.2 Å². The number of carbonyl (C=O) groups excluding carboxylic acids is 3. The van der Waals surface area contributed by atoms with Gasteiger partial charge in [-0.05, 0) is 104 Å². The number of rotatable bonds is 7. The first kappa shape index (κ1) is 44.3. The van der Waals surface area contributed by atoms with E-state index in [9.17, 15) is 24.9 Å². The molecule has 2 aliphatic carbocycles. The molecule has 1 heterocycles. The second kappa shape index (κ2) is 19.8. The van der Waals surface area contributed by atoms with E-state index in [1.165, 1.54) is 23.1 Å². The molecule has 1 spiro atoms. The molecule has 300 valence electrons. The van der Waals surface area contributed by atoms with Gasteiger partial charge in [-0.15, -0.1) is 0 Å². The quantitative estimate of drug-likeness (QED) is 0.0826. The van der Waals surface area contributed by atoms with Crippen LogP contribution in [-0.4, -0.2) is 34.0 Å². The van der Waals surface area contributed by atoms with Gasteiger partial charge in [0.1, 0.15) is 17.1 Å². The Balaban J connectivity index is 0.000000191. The molecule has 4 aromatic rings. The zero-order valence-electron chi connectivity index (χ0n) is 33.1. The van der Waals surface area contributed by atoms with E-state index in [2.05, 4.69) is 33.4 Å². The van der Waals surface area contributed by atoms with E-state index in [0.29, 0.717) is 69.3 Å². The van der Waals surface area contributed by atoms with Gasteiger partial charge in [-0.25, -0.2) is 19.3 Å². The number of nitriles is 4. The molecular formula is C46H39Cl2N9O3. The average Bonchev–Trinajstić information content (AvgIpc) is 4.02. The van der Waals surface area contributed by atoms with Crippen LogP contribution < -0.4 is 10.2 Å². The highest BCUT2D eigenvalue weighted by Gasteiger charge is 2.58. The number of aliphatic imine (C=N–C) groups is 1. The van der Waals surface area contributed by atoms with Crippen LogP contribution in [0.15, 0.2) is 77.8 Å². The summed E-state index contributed by atoms with van der Waals surface area (Å²) >= 11 is 12.1. The molecular weight excluding hydrogens is 797 g/mol. The number of nitrogens with zero attached hydrogens (tertiary/aromatic N) is 8. The maximum absolute atomic E-state index is 13.6. The zero-order valence-corrected chi connectivity index (χ0v) is 34.6. The van der Waals surface area contributed by atoms with Crippen LogP contribution >= 0.6 is 23.2 Å². The first-order valence-electron chi connectivity index (χ1n) is 19.2. The Kier molecular flexibility index (Phi) is 14.6. The van der Waals surface area contributed by atoms with Crippen molar-refractivity contribution in [1.29, 1.82) is 21.0 Å². The number of amides is 3. The van der Waals surface area contributed by atoms with Crippen molar-refractivity contribution in [3.8, 4) is 24.3 Å². The molecule has 0 aromatic heterocycles. The summed E-state index contributed by atoms with van der Waals surface area (Å²) in [7, 11) is 0. The second-order valence-corrected chi connectivity index (χ2v) is 15.4. The van der Waals surface area contributed by atoms with Crippen LogP contribution in [-0.2, 0) is 22.7 Å². The highest BCUT2D eigenvalue weighted by molar-refractivity contribution is 6.34. The summed E-state index contributed by atoms with van der Waals surface area (Å²) in [6.45, 7) is 11.2. The van der Waals surface area contributed by atoms with E-state index >= 15 is 0 Å². The molecule has 1 aliphatic heterocycles. The number of hydrogen-bond acceptors (Lipinski definition) is 9. The van der Waals surface area contributed by atoms with E-state index in [1.807, 2.05) is 42.5 Å². The molecule has 0 radical (unpaired) electrons. The number of benzene rings is 4. The largest absolute Gasteiger partial charge is 0.332 e. The van der Waals surface area contributed by atoms with Gasteiger partial charge in [0, 0.05) is 13.1 Å². The normalized spacial score (nSPS) is 15.5. The van der Waals surface area contributed by atoms with Crippen LogP contribution in [0.4, 0.5) is 21.9 Å². The van der Waals surface area contributed by atoms with Crippen molar-refractivity contribution < 1.29 is 14.4 Å². The minimum Gasteiger partial charge on any atom is -0.305 e. The van der Waals surface area contributed by atoms with Gasteiger partial charge < -0.3 is 4.90 Å². The summed E-state index contributed by atoms with van der Waals surface area (Å²) < 4.78 is 0. The van der Waals surface area contributed by atoms with Crippen molar-refractivity contribution in [3.63, 3.8) is 0 Å². The van der Waals surface area contributed by atoms with Gasteiger partial charge in [0.15, 0.2) is 5.69 Å². The van der Waals surface area contributed by atoms with Crippen molar-refractivity contribution in [2.45, 2.75) is 89.4 Å². The fourth-order valence-corrected chi connectivity index (χ4v) is 8.06.